The average Bonchev–Trinajstić information content (AvgIpc) is 1.62. The van der Waals surface area contributed by atoms with Gasteiger partial charge in [-0.1, -0.05) is 33.6 Å². The predicted molar refractivity (Wildman–Crippen MR) is 49.5 cm³/mol. The van der Waals surface area contributed by atoms with Crippen LogP contribution in [0.25, 0.3) is 0 Å². The van der Waals surface area contributed by atoms with Crippen molar-refractivity contribution >= 4 is 0 Å². The Balaban J connectivity index is -0.000000114. The van der Waals surface area contributed by atoms with Crippen LogP contribution in [0.5, 0.6) is 0 Å². The van der Waals surface area contributed by atoms with Crippen molar-refractivity contribution in [1.29, 1.82) is 0 Å². The molecular formula is C10H20Y-2. The fraction of sp³-hybridized carbons (Fsp3) is 0.600. The third-order valence-corrected chi connectivity index (χ3v) is 0.521. The van der Waals surface area contributed by atoms with Gasteiger partial charge in [0.1, 0.15) is 0 Å². The summed E-state index contributed by atoms with van der Waals surface area (Å²) in [5.41, 5.74) is 0. The van der Waals surface area contributed by atoms with Crippen LogP contribution in [0.4, 0.5) is 0 Å². The Bertz CT molecular complexity index is 70.2. The fourth-order valence-corrected chi connectivity index (χ4v) is 0.272. The van der Waals surface area contributed by atoms with Gasteiger partial charge in [0.2, 0.25) is 0 Å². The second-order valence-electron chi connectivity index (χ2n) is 3.07. The van der Waals surface area contributed by atoms with Gasteiger partial charge in [0.15, 0.2) is 0 Å². The standard InChI is InChI=1S/C6H11.C4H9.Y/c1-4-5-6(2)3;1-4(2)3;/h4-6H,1H2,2-3H3;4H,1H2,2-3H3;/q2*-1;/b5-4-;;. The first-order valence-corrected chi connectivity index (χ1v) is 3.79. The molecule has 0 aliphatic carbocycles. The molecule has 0 N–H and O–H groups in total. The molecule has 0 aliphatic heterocycles. The van der Waals surface area contributed by atoms with Crippen LogP contribution in [0, 0.1) is 25.7 Å². The predicted octanol–water partition coefficient (Wildman–Crippen LogP) is 3.51. The minimum absolute atomic E-state index is 0. The van der Waals surface area contributed by atoms with Crippen molar-refractivity contribution in [3.8, 4) is 0 Å². The zero-order valence-corrected chi connectivity index (χ0v) is 11.1. The molecule has 0 aromatic rings. The fourth-order valence-electron chi connectivity index (χ4n) is 0.272. The van der Waals surface area contributed by atoms with Crippen molar-refractivity contribution < 1.29 is 32.7 Å². The van der Waals surface area contributed by atoms with Crippen LogP contribution >= 0.6 is 0 Å². The summed E-state index contributed by atoms with van der Waals surface area (Å²) in [5.74, 6) is 1.24. The minimum Gasteiger partial charge on any atom is -0.341 e. The number of rotatable bonds is 1. The van der Waals surface area contributed by atoms with Gasteiger partial charge in [-0.3, -0.25) is 0 Å². The molecule has 0 unspecified atom stereocenters. The van der Waals surface area contributed by atoms with Crippen LogP contribution in [0.15, 0.2) is 12.2 Å². The normalized spacial score (nSPS) is 9.36. The van der Waals surface area contributed by atoms with E-state index in [9.17, 15) is 0 Å². The molecule has 0 heterocycles. The topological polar surface area (TPSA) is 0 Å². The van der Waals surface area contributed by atoms with E-state index in [4.69, 9.17) is 0 Å². The summed E-state index contributed by atoms with van der Waals surface area (Å²) in [5, 5.41) is 0. The molecule has 65 valence electrons. The van der Waals surface area contributed by atoms with E-state index in [1.807, 2.05) is 6.08 Å². The van der Waals surface area contributed by atoms with E-state index in [1.54, 1.807) is 0 Å². The van der Waals surface area contributed by atoms with Crippen LogP contribution in [0.2, 0.25) is 0 Å². The summed E-state index contributed by atoms with van der Waals surface area (Å²) >= 11 is 0. The van der Waals surface area contributed by atoms with E-state index in [-0.39, 0.29) is 32.7 Å². The van der Waals surface area contributed by atoms with Crippen molar-refractivity contribution in [3.63, 3.8) is 0 Å². The molecule has 0 aliphatic rings. The number of allylic oxidation sites excluding steroid dienone is 2. The van der Waals surface area contributed by atoms with E-state index in [2.05, 4.69) is 47.6 Å². The summed E-state index contributed by atoms with van der Waals surface area (Å²) in [6.45, 7) is 15.5. The summed E-state index contributed by atoms with van der Waals surface area (Å²) < 4.78 is 0. The second-order valence-corrected chi connectivity index (χ2v) is 3.07. The Labute approximate surface area is 97.7 Å². The van der Waals surface area contributed by atoms with Gasteiger partial charge < -0.3 is 6.92 Å². The zero-order chi connectivity index (χ0) is 8.57. The van der Waals surface area contributed by atoms with E-state index >= 15 is 0 Å². The van der Waals surface area contributed by atoms with Gasteiger partial charge in [-0.25, -0.2) is 19.1 Å². The van der Waals surface area contributed by atoms with Crippen LogP contribution in [-0.2, 0) is 32.7 Å². The maximum Gasteiger partial charge on any atom is 0 e. The first-order chi connectivity index (χ1) is 4.50. The van der Waals surface area contributed by atoms with E-state index in [0.29, 0.717) is 11.8 Å². The molecule has 0 bridgehead atoms. The molecule has 0 aromatic heterocycles. The molecular weight excluding hydrogens is 209 g/mol. The quantitative estimate of drug-likeness (QED) is 0.603. The van der Waals surface area contributed by atoms with Crippen molar-refractivity contribution in [2.24, 2.45) is 11.8 Å². The first-order valence-electron chi connectivity index (χ1n) is 3.79. The van der Waals surface area contributed by atoms with Crippen molar-refractivity contribution in [2.45, 2.75) is 27.7 Å². The Kier molecular flexibility index (Phi) is 21.4. The Morgan fingerprint density at radius 1 is 1.09 bits per heavy atom. The summed E-state index contributed by atoms with van der Waals surface area (Å²) in [7, 11) is 0. The van der Waals surface area contributed by atoms with Crippen LogP contribution < -0.4 is 0 Å². The van der Waals surface area contributed by atoms with Crippen LogP contribution in [0.1, 0.15) is 27.7 Å². The second kappa shape index (κ2) is 13.3. The maximum absolute atomic E-state index is 3.64. The monoisotopic (exact) mass is 229 g/mol. The van der Waals surface area contributed by atoms with Crippen LogP contribution in [-0.4, -0.2) is 0 Å². The van der Waals surface area contributed by atoms with Gasteiger partial charge in [0.05, 0.1) is 0 Å². The summed E-state index contributed by atoms with van der Waals surface area (Å²) in [4.78, 5) is 0. The maximum atomic E-state index is 3.64. The van der Waals surface area contributed by atoms with Crippen molar-refractivity contribution in [3.05, 3.63) is 26.0 Å². The zero-order valence-electron chi connectivity index (χ0n) is 8.30. The molecule has 1 heteroatoms. The van der Waals surface area contributed by atoms with Crippen LogP contribution in [0.3, 0.4) is 0 Å². The molecule has 0 aromatic carbocycles. The van der Waals surface area contributed by atoms with Gasteiger partial charge in [0, 0.05) is 32.7 Å². The Hall–Kier alpha value is 0.714. The molecule has 0 saturated carbocycles. The molecule has 1 radical (unpaired) electrons. The van der Waals surface area contributed by atoms with Gasteiger partial charge in [0.25, 0.3) is 0 Å². The molecule has 0 saturated heterocycles. The van der Waals surface area contributed by atoms with E-state index < -0.39 is 0 Å². The first kappa shape index (κ1) is 17.7. The summed E-state index contributed by atoms with van der Waals surface area (Å²) in [6.07, 6.45) is 3.88. The molecule has 0 nitrogen and oxygen atoms in total. The third-order valence-electron chi connectivity index (χ3n) is 0.521. The SMILES string of the molecule is [CH2-]/C=C\C(C)C.[CH2-]C(C)C.[Y]. The molecule has 0 fully saturated rings. The van der Waals surface area contributed by atoms with Gasteiger partial charge >= 0.3 is 0 Å². The van der Waals surface area contributed by atoms with Gasteiger partial charge in [-0.05, 0) is 0 Å². The molecule has 0 rings (SSSR count). The minimum atomic E-state index is 0. The summed E-state index contributed by atoms with van der Waals surface area (Å²) in [6, 6.07) is 0. The number of hydrogen-bond donors (Lipinski definition) is 0. The molecule has 0 atom stereocenters. The Morgan fingerprint density at radius 2 is 1.36 bits per heavy atom. The Morgan fingerprint density at radius 3 is 1.36 bits per heavy atom. The van der Waals surface area contributed by atoms with Crippen molar-refractivity contribution in [1.82, 2.24) is 0 Å². The number of hydrogen-bond acceptors (Lipinski definition) is 0. The van der Waals surface area contributed by atoms with Gasteiger partial charge in [-0.2, -0.15) is 5.92 Å². The largest absolute Gasteiger partial charge is 0.341 e. The third kappa shape index (κ3) is 59.0. The van der Waals surface area contributed by atoms with E-state index in [0.717, 1.165) is 0 Å². The average molecular weight is 229 g/mol. The molecule has 11 heavy (non-hydrogen) atoms. The van der Waals surface area contributed by atoms with Gasteiger partial charge in [-0.15, -0.1) is 0 Å². The smallest absolute Gasteiger partial charge is 0 e. The van der Waals surface area contributed by atoms with Crippen molar-refractivity contribution in [2.75, 3.05) is 0 Å². The van der Waals surface area contributed by atoms with E-state index in [1.165, 1.54) is 0 Å². The molecule has 0 amide bonds. The molecule has 0 spiro atoms.